The Morgan fingerprint density at radius 1 is 1.02 bits per heavy atom. The van der Waals surface area contributed by atoms with Gasteiger partial charge in [-0.05, 0) is 50.6 Å². The first-order valence-corrected chi connectivity index (χ1v) is 15.0. The Morgan fingerprint density at radius 2 is 1.68 bits per heavy atom. The Kier molecular flexibility index (Phi) is 9.37. The number of ether oxygens (including phenoxy) is 1. The lowest BCUT2D eigenvalue weighted by molar-refractivity contribution is 0.0139. The molecule has 2 N–H and O–H groups in total. The van der Waals surface area contributed by atoms with Gasteiger partial charge >= 0.3 is 6.09 Å². The number of hydrogen-bond donors (Lipinski definition) is 2. The number of halogens is 1. The molecule has 0 atom stereocenters. The summed E-state index contributed by atoms with van der Waals surface area (Å²) in [6.07, 6.45) is 1.19. The molecular formula is C28H36ClN7O4S. The molecule has 2 heterocycles. The average Bonchev–Trinajstić information content (AvgIpc) is 2.91. The second-order valence-electron chi connectivity index (χ2n) is 10.9. The zero-order valence-electron chi connectivity index (χ0n) is 23.9. The number of carbonyl (C=O) groups excluding carboxylic acids is 1. The van der Waals surface area contributed by atoms with Crippen molar-refractivity contribution < 1.29 is 17.9 Å². The molecule has 2 aromatic carbocycles. The molecule has 1 saturated heterocycles. The molecule has 0 saturated carbocycles. The van der Waals surface area contributed by atoms with Crippen LogP contribution in [0.15, 0.2) is 59.6 Å². The topological polar surface area (TPSA) is 120 Å². The van der Waals surface area contributed by atoms with Gasteiger partial charge < -0.3 is 20.3 Å². The van der Waals surface area contributed by atoms with Crippen LogP contribution in [0.2, 0.25) is 5.02 Å². The maximum absolute atomic E-state index is 12.8. The van der Waals surface area contributed by atoms with Gasteiger partial charge in [0.15, 0.2) is 5.82 Å². The normalized spacial score (nSPS) is 14.7. The van der Waals surface area contributed by atoms with Crippen molar-refractivity contribution in [1.29, 1.82) is 0 Å². The van der Waals surface area contributed by atoms with Crippen LogP contribution in [-0.2, 0) is 21.3 Å². The lowest BCUT2D eigenvalue weighted by atomic mass is 10.2. The van der Waals surface area contributed by atoms with E-state index in [1.807, 2.05) is 45.0 Å². The Labute approximate surface area is 246 Å². The van der Waals surface area contributed by atoms with E-state index in [1.54, 1.807) is 23.1 Å². The number of carbonyl (C=O) groups is 1. The number of aromatic nitrogens is 2. The summed E-state index contributed by atoms with van der Waals surface area (Å²) in [6.45, 7) is 9.18. The molecular weight excluding hydrogens is 566 g/mol. The highest BCUT2D eigenvalue weighted by Gasteiger charge is 2.26. The van der Waals surface area contributed by atoms with Crippen LogP contribution in [-0.4, -0.2) is 84.5 Å². The SMILES string of the molecule is CN(C)S(=O)(=O)c1ccccc1Nc1nc(Nc2ccc(CN3CCN(C(=O)OC(C)(C)C)CC3)cc2)ncc1Cl. The van der Waals surface area contributed by atoms with E-state index in [0.29, 0.717) is 24.7 Å². The summed E-state index contributed by atoms with van der Waals surface area (Å²) in [5.41, 5.74) is 1.77. The maximum atomic E-state index is 12.8. The summed E-state index contributed by atoms with van der Waals surface area (Å²) < 4.78 is 32.1. The van der Waals surface area contributed by atoms with Crippen LogP contribution in [0, 0.1) is 0 Å². The molecule has 13 heteroatoms. The van der Waals surface area contributed by atoms with E-state index in [4.69, 9.17) is 16.3 Å². The Bertz CT molecular complexity index is 1470. The summed E-state index contributed by atoms with van der Waals surface area (Å²) in [6, 6.07) is 14.5. The van der Waals surface area contributed by atoms with Gasteiger partial charge in [0, 0.05) is 52.5 Å². The lowest BCUT2D eigenvalue weighted by Gasteiger charge is -2.35. The second kappa shape index (κ2) is 12.6. The Balaban J connectivity index is 1.37. The van der Waals surface area contributed by atoms with E-state index in [2.05, 4.69) is 25.5 Å². The number of benzene rings is 2. The van der Waals surface area contributed by atoms with E-state index in [-0.39, 0.29) is 21.8 Å². The zero-order valence-corrected chi connectivity index (χ0v) is 25.5. The highest BCUT2D eigenvalue weighted by atomic mass is 35.5. The number of nitrogens with one attached hydrogen (secondary N) is 2. The van der Waals surface area contributed by atoms with E-state index in [1.165, 1.54) is 26.4 Å². The minimum atomic E-state index is -3.69. The van der Waals surface area contributed by atoms with Crippen molar-refractivity contribution in [2.24, 2.45) is 0 Å². The molecule has 1 amide bonds. The van der Waals surface area contributed by atoms with Gasteiger partial charge in [0.05, 0.1) is 11.9 Å². The fraction of sp³-hybridized carbons (Fsp3) is 0.393. The molecule has 1 aromatic heterocycles. The third kappa shape index (κ3) is 8.07. The molecule has 3 aromatic rings. The minimum absolute atomic E-state index is 0.107. The van der Waals surface area contributed by atoms with Gasteiger partial charge in [0.2, 0.25) is 16.0 Å². The van der Waals surface area contributed by atoms with Crippen molar-refractivity contribution in [2.75, 3.05) is 50.9 Å². The van der Waals surface area contributed by atoms with Gasteiger partial charge in [-0.25, -0.2) is 22.5 Å². The number of hydrogen-bond acceptors (Lipinski definition) is 9. The molecule has 0 radical (unpaired) electrons. The number of sulfonamides is 1. The number of nitrogens with zero attached hydrogens (tertiary/aromatic N) is 5. The van der Waals surface area contributed by atoms with Crippen LogP contribution in [0.1, 0.15) is 26.3 Å². The number of rotatable bonds is 8. The summed E-state index contributed by atoms with van der Waals surface area (Å²) in [5, 5.41) is 6.45. The smallest absolute Gasteiger partial charge is 0.410 e. The number of piperazine rings is 1. The summed E-state index contributed by atoms with van der Waals surface area (Å²) in [7, 11) is -0.733. The molecule has 0 aliphatic carbocycles. The molecule has 220 valence electrons. The third-order valence-corrected chi connectivity index (χ3v) is 8.43. The summed E-state index contributed by atoms with van der Waals surface area (Å²) in [5.74, 6) is 0.573. The van der Waals surface area contributed by atoms with Gasteiger partial charge in [-0.15, -0.1) is 0 Å². The highest BCUT2D eigenvalue weighted by molar-refractivity contribution is 7.89. The standard InChI is InChI=1S/C28H36ClN7O4S/c1-28(2,3)40-27(37)36-16-14-35(15-17-36)19-20-10-12-21(13-11-20)31-26-30-18-22(29)25(33-26)32-23-8-6-7-9-24(23)41(38,39)34(4)5/h6-13,18H,14-17,19H2,1-5H3,(H2,30,31,32,33). The van der Waals surface area contributed by atoms with Crippen LogP contribution < -0.4 is 10.6 Å². The fourth-order valence-electron chi connectivity index (χ4n) is 4.13. The van der Waals surface area contributed by atoms with Crippen molar-refractivity contribution in [2.45, 2.75) is 37.8 Å². The van der Waals surface area contributed by atoms with E-state index in [9.17, 15) is 13.2 Å². The quantitative estimate of drug-likeness (QED) is 0.371. The van der Waals surface area contributed by atoms with E-state index < -0.39 is 15.6 Å². The molecule has 0 unspecified atom stereocenters. The lowest BCUT2D eigenvalue weighted by Crippen LogP contribution is -2.49. The second-order valence-corrected chi connectivity index (χ2v) is 13.4. The largest absolute Gasteiger partial charge is 0.444 e. The highest BCUT2D eigenvalue weighted by Crippen LogP contribution is 2.30. The third-order valence-electron chi connectivity index (χ3n) is 6.28. The molecule has 4 rings (SSSR count). The maximum Gasteiger partial charge on any atom is 0.410 e. The first kappa shape index (κ1) is 30.5. The number of amides is 1. The van der Waals surface area contributed by atoms with Gasteiger partial charge in [-0.2, -0.15) is 4.98 Å². The zero-order chi connectivity index (χ0) is 29.8. The van der Waals surface area contributed by atoms with Crippen molar-refractivity contribution in [3.8, 4) is 0 Å². The van der Waals surface area contributed by atoms with Crippen LogP contribution in [0.25, 0.3) is 0 Å². The fourth-order valence-corrected chi connectivity index (χ4v) is 5.31. The van der Waals surface area contributed by atoms with Crippen LogP contribution in [0.5, 0.6) is 0 Å². The number of para-hydroxylation sites is 1. The molecule has 41 heavy (non-hydrogen) atoms. The van der Waals surface area contributed by atoms with Gasteiger partial charge in [-0.1, -0.05) is 35.9 Å². The van der Waals surface area contributed by atoms with Crippen LogP contribution >= 0.6 is 11.6 Å². The Hall–Kier alpha value is -3.45. The van der Waals surface area contributed by atoms with Crippen molar-refractivity contribution >= 4 is 50.9 Å². The molecule has 1 fully saturated rings. The van der Waals surface area contributed by atoms with Crippen molar-refractivity contribution in [3.05, 3.63) is 65.3 Å². The van der Waals surface area contributed by atoms with Crippen molar-refractivity contribution in [3.63, 3.8) is 0 Å². The minimum Gasteiger partial charge on any atom is -0.444 e. The predicted molar refractivity (Wildman–Crippen MR) is 160 cm³/mol. The van der Waals surface area contributed by atoms with Crippen molar-refractivity contribution in [1.82, 2.24) is 24.1 Å². The van der Waals surface area contributed by atoms with E-state index in [0.717, 1.165) is 35.2 Å². The predicted octanol–water partition coefficient (Wildman–Crippen LogP) is 4.92. The monoisotopic (exact) mass is 601 g/mol. The number of anilines is 4. The van der Waals surface area contributed by atoms with Crippen LogP contribution in [0.3, 0.4) is 0 Å². The van der Waals surface area contributed by atoms with E-state index >= 15 is 0 Å². The van der Waals surface area contributed by atoms with Gasteiger partial charge in [0.1, 0.15) is 15.5 Å². The molecule has 1 aliphatic heterocycles. The summed E-state index contributed by atoms with van der Waals surface area (Å²) >= 11 is 6.34. The van der Waals surface area contributed by atoms with Crippen LogP contribution in [0.4, 0.5) is 27.9 Å². The van der Waals surface area contributed by atoms with Gasteiger partial charge in [-0.3, -0.25) is 4.90 Å². The molecule has 0 bridgehead atoms. The molecule has 11 nitrogen and oxygen atoms in total. The average molecular weight is 602 g/mol. The van der Waals surface area contributed by atoms with Gasteiger partial charge in [0.25, 0.3) is 0 Å². The molecule has 1 aliphatic rings. The summed E-state index contributed by atoms with van der Waals surface area (Å²) in [4.78, 5) is 25.2. The first-order valence-electron chi connectivity index (χ1n) is 13.2. The first-order chi connectivity index (χ1) is 19.3. The molecule has 0 spiro atoms. The Morgan fingerprint density at radius 3 is 2.32 bits per heavy atom.